The number of hydrogen-bond donors (Lipinski definition) is 0. The Morgan fingerprint density at radius 3 is 2.67 bits per heavy atom. The lowest BCUT2D eigenvalue weighted by Gasteiger charge is -2.11. The summed E-state index contributed by atoms with van der Waals surface area (Å²) in [7, 11) is 0. The van der Waals surface area contributed by atoms with E-state index in [0.717, 1.165) is 0 Å². The van der Waals surface area contributed by atoms with Crippen molar-refractivity contribution in [3.05, 3.63) is 34.4 Å². The van der Waals surface area contributed by atoms with Gasteiger partial charge in [0.15, 0.2) is 0 Å². The molecular formula is C12H10BrF2NO2. The zero-order valence-corrected chi connectivity index (χ0v) is 11.1. The number of carbonyl (C=O) groups excluding carboxylic acids is 1. The zero-order valence-electron chi connectivity index (χ0n) is 9.54. The first-order valence-corrected chi connectivity index (χ1v) is 6.25. The molecule has 0 aliphatic rings. The van der Waals surface area contributed by atoms with E-state index in [1.807, 2.05) is 0 Å². The van der Waals surface area contributed by atoms with Crippen LogP contribution in [0.15, 0.2) is 12.1 Å². The number of alkyl halides is 3. The van der Waals surface area contributed by atoms with Gasteiger partial charge in [0.1, 0.15) is 6.07 Å². The molecular weight excluding hydrogens is 308 g/mol. The lowest BCUT2D eigenvalue weighted by molar-refractivity contribution is 0.0515. The average molecular weight is 318 g/mol. The van der Waals surface area contributed by atoms with Crippen LogP contribution in [0.25, 0.3) is 0 Å². The molecule has 0 aromatic heterocycles. The topological polar surface area (TPSA) is 50.1 Å². The molecule has 0 unspecified atom stereocenters. The molecule has 0 radical (unpaired) electrons. The number of nitriles is 1. The summed E-state index contributed by atoms with van der Waals surface area (Å²) in [6.07, 6.45) is -2.84. The lowest BCUT2D eigenvalue weighted by atomic mass is 9.99. The van der Waals surface area contributed by atoms with Gasteiger partial charge in [-0.2, -0.15) is 5.26 Å². The van der Waals surface area contributed by atoms with Crippen LogP contribution in [0.1, 0.15) is 40.4 Å². The van der Waals surface area contributed by atoms with Crippen LogP contribution in [0.5, 0.6) is 0 Å². The number of ether oxygens (including phenoxy) is 1. The lowest BCUT2D eigenvalue weighted by Crippen LogP contribution is -2.11. The molecule has 0 aliphatic heterocycles. The largest absolute Gasteiger partial charge is 0.462 e. The van der Waals surface area contributed by atoms with Gasteiger partial charge >= 0.3 is 5.97 Å². The Morgan fingerprint density at radius 1 is 1.56 bits per heavy atom. The van der Waals surface area contributed by atoms with E-state index in [9.17, 15) is 13.6 Å². The molecule has 18 heavy (non-hydrogen) atoms. The molecule has 0 spiro atoms. The Bertz CT molecular complexity index is 498. The fourth-order valence-electron chi connectivity index (χ4n) is 1.50. The second-order valence-electron chi connectivity index (χ2n) is 3.37. The molecule has 1 rings (SSSR count). The molecule has 0 saturated carbocycles. The second-order valence-corrected chi connectivity index (χ2v) is 3.93. The molecule has 0 bridgehead atoms. The van der Waals surface area contributed by atoms with Crippen LogP contribution in [0.4, 0.5) is 8.78 Å². The molecule has 0 atom stereocenters. The van der Waals surface area contributed by atoms with Gasteiger partial charge in [-0.05, 0) is 24.6 Å². The van der Waals surface area contributed by atoms with Crippen molar-refractivity contribution in [1.82, 2.24) is 0 Å². The molecule has 0 fully saturated rings. The van der Waals surface area contributed by atoms with Crippen molar-refractivity contribution in [2.45, 2.75) is 18.7 Å². The number of esters is 1. The highest BCUT2D eigenvalue weighted by Crippen LogP contribution is 2.28. The number of benzene rings is 1. The van der Waals surface area contributed by atoms with E-state index in [0.29, 0.717) is 10.9 Å². The monoisotopic (exact) mass is 317 g/mol. The zero-order chi connectivity index (χ0) is 13.7. The summed E-state index contributed by atoms with van der Waals surface area (Å²) in [6, 6.07) is 4.35. The highest BCUT2D eigenvalue weighted by atomic mass is 79.9. The Morgan fingerprint density at radius 2 is 2.22 bits per heavy atom. The fraction of sp³-hybridized carbons (Fsp3) is 0.333. The van der Waals surface area contributed by atoms with Crippen LogP contribution >= 0.6 is 15.9 Å². The van der Waals surface area contributed by atoms with Crippen molar-refractivity contribution in [1.29, 1.82) is 5.26 Å². The number of rotatable bonds is 4. The first-order chi connectivity index (χ1) is 8.54. The Hall–Kier alpha value is -1.48. The summed E-state index contributed by atoms with van der Waals surface area (Å²) in [5.41, 5.74) is -0.406. The SMILES string of the molecule is CCOC(=O)c1c(C#N)cc(CBr)cc1C(F)F. The molecule has 6 heteroatoms. The first-order valence-electron chi connectivity index (χ1n) is 5.13. The molecule has 0 amide bonds. The van der Waals surface area contributed by atoms with Gasteiger partial charge in [0.25, 0.3) is 6.43 Å². The van der Waals surface area contributed by atoms with Crippen LogP contribution in [-0.4, -0.2) is 12.6 Å². The summed E-state index contributed by atoms with van der Waals surface area (Å²) < 4.78 is 30.6. The van der Waals surface area contributed by atoms with Gasteiger partial charge in [0.2, 0.25) is 0 Å². The summed E-state index contributed by atoms with van der Waals surface area (Å²) in [5, 5.41) is 9.27. The van der Waals surface area contributed by atoms with Gasteiger partial charge in [0, 0.05) is 10.9 Å². The summed E-state index contributed by atoms with van der Waals surface area (Å²) in [6.45, 7) is 1.63. The maximum atomic E-state index is 12.9. The molecule has 3 nitrogen and oxygen atoms in total. The third kappa shape index (κ3) is 3.05. The van der Waals surface area contributed by atoms with Gasteiger partial charge in [-0.15, -0.1) is 0 Å². The molecule has 0 heterocycles. The fourth-order valence-corrected chi connectivity index (χ4v) is 1.82. The molecule has 1 aromatic carbocycles. The van der Waals surface area contributed by atoms with Crippen molar-refractivity contribution in [2.24, 2.45) is 0 Å². The Kier molecular flexibility index (Phi) is 5.23. The van der Waals surface area contributed by atoms with E-state index in [4.69, 9.17) is 10.00 Å². The first kappa shape index (κ1) is 14.6. The van der Waals surface area contributed by atoms with E-state index in [-0.39, 0.29) is 17.7 Å². The Labute approximate surface area is 111 Å². The van der Waals surface area contributed by atoms with Crippen LogP contribution in [0.3, 0.4) is 0 Å². The minimum absolute atomic E-state index is 0.0621. The van der Waals surface area contributed by atoms with E-state index in [1.54, 1.807) is 13.0 Å². The highest BCUT2D eigenvalue weighted by Gasteiger charge is 2.24. The van der Waals surface area contributed by atoms with E-state index < -0.39 is 18.0 Å². The van der Waals surface area contributed by atoms with Crippen LogP contribution in [0, 0.1) is 11.3 Å². The van der Waals surface area contributed by atoms with Gasteiger partial charge in [-0.25, -0.2) is 13.6 Å². The van der Waals surface area contributed by atoms with Crippen LogP contribution in [0.2, 0.25) is 0 Å². The minimum atomic E-state index is -2.84. The normalized spacial score (nSPS) is 10.2. The van der Waals surface area contributed by atoms with Gasteiger partial charge in [-0.3, -0.25) is 0 Å². The van der Waals surface area contributed by atoms with Crippen molar-refractivity contribution in [2.75, 3.05) is 6.61 Å². The quantitative estimate of drug-likeness (QED) is 0.630. The number of halogens is 3. The maximum Gasteiger partial charge on any atom is 0.339 e. The van der Waals surface area contributed by atoms with Crippen molar-refractivity contribution >= 4 is 21.9 Å². The van der Waals surface area contributed by atoms with E-state index >= 15 is 0 Å². The summed E-state index contributed by atoms with van der Waals surface area (Å²) >= 11 is 3.13. The predicted molar refractivity (Wildman–Crippen MR) is 64.7 cm³/mol. The summed E-state index contributed by atoms with van der Waals surface area (Å²) in [5.74, 6) is -0.898. The summed E-state index contributed by atoms with van der Waals surface area (Å²) in [4.78, 5) is 11.6. The van der Waals surface area contributed by atoms with Gasteiger partial charge in [-0.1, -0.05) is 15.9 Å². The Balaban J connectivity index is 3.45. The molecule has 0 aliphatic carbocycles. The maximum absolute atomic E-state index is 12.9. The van der Waals surface area contributed by atoms with Crippen molar-refractivity contribution in [3.8, 4) is 6.07 Å². The smallest absolute Gasteiger partial charge is 0.339 e. The third-order valence-electron chi connectivity index (χ3n) is 2.22. The number of nitrogens with zero attached hydrogens (tertiary/aromatic N) is 1. The second kappa shape index (κ2) is 6.45. The predicted octanol–water partition coefficient (Wildman–Crippen LogP) is 3.57. The highest BCUT2D eigenvalue weighted by molar-refractivity contribution is 9.08. The molecule has 96 valence electrons. The average Bonchev–Trinajstić information content (AvgIpc) is 2.37. The standard InChI is InChI=1S/C12H10BrF2NO2/c1-2-18-12(17)10-8(6-16)3-7(5-13)4-9(10)11(14)15/h3-4,11H,2,5H2,1H3. The third-order valence-corrected chi connectivity index (χ3v) is 2.87. The molecule has 0 N–H and O–H groups in total. The van der Waals surface area contributed by atoms with Gasteiger partial charge in [0.05, 0.1) is 17.7 Å². The number of hydrogen-bond acceptors (Lipinski definition) is 3. The minimum Gasteiger partial charge on any atom is -0.462 e. The molecule has 1 aromatic rings. The van der Waals surface area contributed by atoms with Gasteiger partial charge < -0.3 is 4.74 Å². The van der Waals surface area contributed by atoms with Crippen molar-refractivity contribution < 1.29 is 18.3 Å². The van der Waals surface area contributed by atoms with Crippen LogP contribution < -0.4 is 0 Å². The number of carbonyl (C=O) groups is 1. The van der Waals surface area contributed by atoms with Crippen molar-refractivity contribution in [3.63, 3.8) is 0 Å². The van der Waals surface area contributed by atoms with Crippen LogP contribution in [-0.2, 0) is 10.1 Å². The molecule has 0 saturated heterocycles. The van der Waals surface area contributed by atoms with E-state index in [1.165, 1.54) is 12.1 Å². The van der Waals surface area contributed by atoms with E-state index in [2.05, 4.69) is 15.9 Å².